The van der Waals surface area contributed by atoms with Gasteiger partial charge in [0.2, 0.25) is 0 Å². The van der Waals surface area contributed by atoms with E-state index in [1.54, 1.807) is 13.0 Å². The Labute approximate surface area is 99.9 Å². The highest BCUT2D eigenvalue weighted by molar-refractivity contribution is 9.10. The van der Waals surface area contributed by atoms with Crippen LogP contribution in [0.4, 0.5) is 0 Å². The number of alkyl halides is 1. The third-order valence-corrected chi connectivity index (χ3v) is 2.81. The first-order valence-corrected chi connectivity index (χ1v) is 6.12. The zero-order chi connectivity index (χ0) is 10.6. The molecular weight excluding hydrogens is 312 g/mol. The molecule has 0 aliphatic heterocycles. The van der Waals surface area contributed by atoms with Gasteiger partial charge in [-0.25, -0.2) is 4.79 Å². The predicted molar refractivity (Wildman–Crippen MR) is 62.7 cm³/mol. The van der Waals surface area contributed by atoms with Gasteiger partial charge in [-0.1, -0.05) is 37.9 Å². The number of rotatable bonds is 3. The van der Waals surface area contributed by atoms with Crippen molar-refractivity contribution in [2.24, 2.45) is 0 Å². The fourth-order valence-corrected chi connectivity index (χ4v) is 1.91. The molecule has 0 aliphatic rings. The molecule has 0 aliphatic carbocycles. The standard InChI is InChI=1S/C10H10Br2O2/c1-2-14-10(13)9-5-8(12)4-3-7(9)6-11/h3-5H,2,6H2,1H3. The fourth-order valence-electron chi connectivity index (χ4n) is 1.06. The van der Waals surface area contributed by atoms with E-state index in [4.69, 9.17) is 4.74 Å². The molecule has 0 unspecified atom stereocenters. The van der Waals surface area contributed by atoms with Gasteiger partial charge in [0, 0.05) is 9.80 Å². The molecule has 0 bridgehead atoms. The smallest absolute Gasteiger partial charge is 0.338 e. The second kappa shape index (κ2) is 5.51. The van der Waals surface area contributed by atoms with Gasteiger partial charge in [0.1, 0.15) is 0 Å². The molecule has 0 heterocycles. The summed E-state index contributed by atoms with van der Waals surface area (Å²) < 4.78 is 5.82. The summed E-state index contributed by atoms with van der Waals surface area (Å²) in [5.41, 5.74) is 1.55. The molecule has 0 spiro atoms. The summed E-state index contributed by atoms with van der Waals surface area (Å²) in [6.45, 7) is 2.19. The number of halogens is 2. The Morgan fingerprint density at radius 3 is 2.79 bits per heavy atom. The Kier molecular flexibility index (Phi) is 4.62. The Hall–Kier alpha value is -0.350. The van der Waals surface area contributed by atoms with E-state index in [9.17, 15) is 4.79 Å². The van der Waals surface area contributed by atoms with E-state index < -0.39 is 0 Å². The maximum atomic E-state index is 11.5. The van der Waals surface area contributed by atoms with Gasteiger partial charge in [0.15, 0.2) is 0 Å². The summed E-state index contributed by atoms with van der Waals surface area (Å²) in [6, 6.07) is 5.57. The summed E-state index contributed by atoms with van der Waals surface area (Å²) in [5.74, 6) is -0.275. The molecule has 0 N–H and O–H groups in total. The van der Waals surface area contributed by atoms with E-state index in [1.807, 2.05) is 12.1 Å². The largest absolute Gasteiger partial charge is 0.462 e. The fraction of sp³-hybridized carbons (Fsp3) is 0.300. The Morgan fingerprint density at radius 2 is 2.21 bits per heavy atom. The minimum Gasteiger partial charge on any atom is -0.462 e. The van der Waals surface area contributed by atoms with Gasteiger partial charge in [-0.2, -0.15) is 0 Å². The van der Waals surface area contributed by atoms with Gasteiger partial charge in [0.05, 0.1) is 12.2 Å². The molecule has 1 aromatic carbocycles. The Morgan fingerprint density at radius 1 is 1.50 bits per heavy atom. The first kappa shape index (κ1) is 11.7. The van der Waals surface area contributed by atoms with Crippen LogP contribution < -0.4 is 0 Å². The highest BCUT2D eigenvalue weighted by atomic mass is 79.9. The van der Waals surface area contributed by atoms with Crippen LogP contribution in [0.1, 0.15) is 22.8 Å². The van der Waals surface area contributed by atoms with E-state index in [0.717, 1.165) is 10.0 Å². The number of hydrogen-bond acceptors (Lipinski definition) is 2. The van der Waals surface area contributed by atoms with Crippen LogP contribution in [-0.4, -0.2) is 12.6 Å². The SMILES string of the molecule is CCOC(=O)c1cc(Br)ccc1CBr. The number of esters is 1. The van der Waals surface area contributed by atoms with Crippen LogP contribution in [0.15, 0.2) is 22.7 Å². The number of hydrogen-bond donors (Lipinski definition) is 0. The van der Waals surface area contributed by atoms with Gasteiger partial charge in [0.25, 0.3) is 0 Å². The second-order valence-electron chi connectivity index (χ2n) is 2.66. The molecule has 0 saturated heterocycles. The molecule has 0 atom stereocenters. The van der Waals surface area contributed by atoms with Gasteiger partial charge in [-0.05, 0) is 24.6 Å². The zero-order valence-electron chi connectivity index (χ0n) is 7.72. The zero-order valence-corrected chi connectivity index (χ0v) is 10.9. The van der Waals surface area contributed by atoms with Gasteiger partial charge in [-0.15, -0.1) is 0 Å². The van der Waals surface area contributed by atoms with E-state index in [-0.39, 0.29) is 5.97 Å². The number of benzene rings is 1. The van der Waals surface area contributed by atoms with Crippen molar-refractivity contribution in [2.75, 3.05) is 6.61 Å². The lowest BCUT2D eigenvalue weighted by Gasteiger charge is -2.06. The molecule has 4 heteroatoms. The maximum absolute atomic E-state index is 11.5. The molecule has 76 valence electrons. The van der Waals surface area contributed by atoms with Crippen molar-refractivity contribution < 1.29 is 9.53 Å². The molecule has 0 fully saturated rings. The number of ether oxygens (including phenoxy) is 1. The number of carbonyl (C=O) groups is 1. The summed E-state index contributed by atoms with van der Waals surface area (Å²) in [5, 5.41) is 0.647. The molecule has 1 aromatic rings. The van der Waals surface area contributed by atoms with Crippen LogP contribution in [0.3, 0.4) is 0 Å². The van der Waals surface area contributed by atoms with E-state index >= 15 is 0 Å². The number of carbonyl (C=O) groups excluding carboxylic acids is 1. The molecule has 2 nitrogen and oxygen atoms in total. The van der Waals surface area contributed by atoms with Crippen molar-refractivity contribution >= 4 is 37.8 Å². The van der Waals surface area contributed by atoms with E-state index in [1.165, 1.54) is 0 Å². The molecule has 0 radical (unpaired) electrons. The third-order valence-electron chi connectivity index (χ3n) is 1.71. The van der Waals surface area contributed by atoms with Crippen LogP contribution in [0.5, 0.6) is 0 Å². The monoisotopic (exact) mass is 320 g/mol. The lowest BCUT2D eigenvalue weighted by Crippen LogP contribution is -2.07. The topological polar surface area (TPSA) is 26.3 Å². The summed E-state index contributed by atoms with van der Waals surface area (Å²) in [7, 11) is 0. The molecule has 0 amide bonds. The van der Waals surface area contributed by atoms with Gasteiger partial charge >= 0.3 is 5.97 Å². The van der Waals surface area contributed by atoms with Crippen LogP contribution in [-0.2, 0) is 10.1 Å². The van der Waals surface area contributed by atoms with Crippen molar-refractivity contribution in [3.8, 4) is 0 Å². The third kappa shape index (κ3) is 2.82. The van der Waals surface area contributed by atoms with Gasteiger partial charge < -0.3 is 4.74 Å². The second-order valence-corrected chi connectivity index (χ2v) is 4.13. The first-order chi connectivity index (χ1) is 6.69. The quantitative estimate of drug-likeness (QED) is 0.629. The Balaban J connectivity index is 3.03. The van der Waals surface area contributed by atoms with Crippen molar-refractivity contribution in [3.05, 3.63) is 33.8 Å². The van der Waals surface area contributed by atoms with Crippen molar-refractivity contribution in [3.63, 3.8) is 0 Å². The minimum absolute atomic E-state index is 0.275. The maximum Gasteiger partial charge on any atom is 0.338 e. The lowest BCUT2D eigenvalue weighted by molar-refractivity contribution is 0.0525. The predicted octanol–water partition coefficient (Wildman–Crippen LogP) is 3.52. The van der Waals surface area contributed by atoms with Crippen LogP contribution in [0.2, 0.25) is 0 Å². The minimum atomic E-state index is -0.275. The van der Waals surface area contributed by atoms with Crippen LogP contribution >= 0.6 is 31.9 Å². The van der Waals surface area contributed by atoms with Crippen LogP contribution in [0.25, 0.3) is 0 Å². The highest BCUT2D eigenvalue weighted by Gasteiger charge is 2.11. The van der Waals surface area contributed by atoms with Crippen molar-refractivity contribution in [1.29, 1.82) is 0 Å². The molecule has 1 rings (SSSR count). The first-order valence-electron chi connectivity index (χ1n) is 4.20. The van der Waals surface area contributed by atoms with Crippen molar-refractivity contribution in [2.45, 2.75) is 12.3 Å². The molecule has 14 heavy (non-hydrogen) atoms. The van der Waals surface area contributed by atoms with E-state index in [0.29, 0.717) is 17.5 Å². The average Bonchev–Trinajstić information content (AvgIpc) is 2.18. The lowest BCUT2D eigenvalue weighted by atomic mass is 10.1. The summed E-state index contributed by atoms with van der Waals surface area (Å²) in [6.07, 6.45) is 0. The summed E-state index contributed by atoms with van der Waals surface area (Å²) in [4.78, 5) is 11.5. The molecule has 0 saturated carbocycles. The van der Waals surface area contributed by atoms with E-state index in [2.05, 4.69) is 31.9 Å². The van der Waals surface area contributed by atoms with Crippen LogP contribution in [0, 0.1) is 0 Å². The Bertz CT molecular complexity index is 337. The summed E-state index contributed by atoms with van der Waals surface area (Å²) >= 11 is 6.65. The normalized spacial score (nSPS) is 9.93. The van der Waals surface area contributed by atoms with Gasteiger partial charge in [-0.3, -0.25) is 0 Å². The molecular formula is C10H10Br2O2. The molecule has 0 aromatic heterocycles. The average molecular weight is 322 g/mol. The van der Waals surface area contributed by atoms with Crippen molar-refractivity contribution in [1.82, 2.24) is 0 Å². The highest BCUT2D eigenvalue weighted by Crippen LogP contribution is 2.19.